The van der Waals surface area contributed by atoms with Gasteiger partial charge in [-0.3, -0.25) is 4.52 Å². The average Bonchev–Trinajstić information content (AvgIpc) is 1.84. The Morgan fingerprint density at radius 3 is 2.67 bits per heavy atom. The Bertz CT molecular complexity index is 167. The number of hydrogen-bond acceptors (Lipinski definition) is 5. The van der Waals surface area contributed by atoms with Crippen LogP contribution < -0.4 is 11.5 Å². The van der Waals surface area contributed by atoms with E-state index >= 15 is 0 Å². The van der Waals surface area contributed by atoms with Gasteiger partial charge in [0.1, 0.15) is 6.23 Å². The molecule has 2 unspecified atom stereocenters. The summed E-state index contributed by atoms with van der Waals surface area (Å²) in [6.45, 7) is -0.756. The minimum atomic E-state index is -3.13. The van der Waals surface area contributed by atoms with Crippen LogP contribution in [0, 0.1) is 0 Å². The van der Waals surface area contributed by atoms with E-state index < -0.39 is 12.9 Å². The fraction of sp³-hybridized carbons (Fsp3) is 1.00. The van der Waals surface area contributed by atoms with E-state index in [1.807, 2.05) is 0 Å². The number of nitrogens with two attached hydrogens (primary N) is 2. The second-order valence-corrected chi connectivity index (χ2v) is 5.04. The van der Waals surface area contributed by atoms with Gasteiger partial charge in [0.05, 0.1) is 6.61 Å². The molecular weight excluding hydrogens is 199 g/mol. The lowest BCUT2D eigenvalue weighted by atomic mass is 10.5. The summed E-state index contributed by atoms with van der Waals surface area (Å²) in [6.07, 6.45) is 0.0278. The molecule has 12 heavy (non-hydrogen) atoms. The van der Waals surface area contributed by atoms with Gasteiger partial charge in [-0.05, 0) is 31.7 Å². The fourth-order valence-electron chi connectivity index (χ4n) is 0.504. The van der Waals surface area contributed by atoms with Gasteiger partial charge >= 0.3 is 6.72 Å². The lowest BCUT2D eigenvalue weighted by Gasteiger charge is -2.17. The molecule has 2 atom stereocenters. The first-order valence-corrected chi connectivity index (χ1v) is 6.18. The molecule has 0 aromatic carbocycles. The van der Waals surface area contributed by atoms with Crippen LogP contribution in [0.15, 0.2) is 0 Å². The molecule has 0 saturated carbocycles. The molecule has 0 aromatic rings. The van der Waals surface area contributed by atoms with Gasteiger partial charge in [-0.2, -0.15) is 0 Å². The van der Waals surface area contributed by atoms with E-state index in [0.29, 0.717) is 19.6 Å². The molecule has 0 spiro atoms. The summed E-state index contributed by atoms with van der Waals surface area (Å²) >= 11 is 4.63. The fourth-order valence-corrected chi connectivity index (χ4v) is 1.98. The first kappa shape index (κ1) is 12.4. The van der Waals surface area contributed by atoms with E-state index in [9.17, 15) is 4.89 Å². The summed E-state index contributed by atoms with van der Waals surface area (Å²) in [5, 5.41) is 0. The monoisotopic (exact) mass is 214 g/mol. The van der Waals surface area contributed by atoms with Crippen molar-refractivity contribution >= 4 is 18.5 Å². The second-order valence-electron chi connectivity index (χ2n) is 2.25. The summed E-state index contributed by atoms with van der Waals surface area (Å²) in [5.74, 6) is 0. The van der Waals surface area contributed by atoms with Crippen LogP contribution >= 0.6 is 6.72 Å². The third kappa shape index (κ3) is 7.12. The highest BCUT2D eigenvalue weighted by Crippen LogP contribution is 2.44. The molecule has 0 fully saturated rings. The Hall–Kier alpha value is 0.450. The van der Waals surface area contributed by atoms with Gasteiger partial charge in [-0.25, -0.2) is 0 Å². The Balaban J connectivity index is 3.64. The highest BCUT2D eigenvalue weighted by molar-refractivity contribution is 8.07. The van der Waals surface area contributed by atoms with E-state index in [4.69, 9.17) is 20.5 Å². The third-order valence-corrected chi connectivity index (χ3v) is 2.58. The molecule has 7 heteroatoms. The predicted octanol–water partition coefficient (Wildman–Crippen LogP) is -0.110. The summed E-state index contributed by atoms with van der Waals surface area (Å²) in [5.41, 5.74) is 10.5. The molecule has 0 rings (SSSR count). The van der Waals surface area contributed by atoms with Crippen LogP contribution in [0.5, 0.6) is 0 Å². The van der Waals surface area contributed by atoms with Gasteiger partial charge in [0.15, 0.2) is 0 Å². The van der Waals surface area contributed by atoms with E-state index in [1.54, 1.807) is 6.92 Å². The van der Waals surface area contributed by atoms with Crippen molar-refractivity contribution in [2.45, 2.75) is 19.6 Å². The summed E-state index contributed by atoms with van der Waals surface area (Å²) < 4.78 is 9.66. The molecule has 0 bridgehead atoms. The Morgan fingerprint density at radius 2 is 2.25 bits per heavy atom. The maximum atomic E-state index is 9.27. The summed E-state index contributed by atoms with van der Waals surface area (Å²) in [4.78, 5) is 9.27. The minimum Gasteiger partial charge on any atom is -0.330 e. The van der Waals surface area contributed by atoms with Crippen LogP contribution in [-0.2, 0) is 20.9 Å². The molecule has 0 aliphatic heterocycles. The Morgan fingerprint density at radius 1 is 1.67 bits per heavy atom. The van der Waals surface area contributed by atoms with E-state index in [-0.39, 0.29) is 0 Å². The molecule has 0 radical (unpaired) electrons. The van der Waals surface area contributed by atoms with Gasteiger partial charge in [0, 0.05) is 0 Å². The summed E-state index contributed by atoms with van der Waals surface area (Å²) in [7, 11) is 0. The molecule has 0 aliphatic carbocycles. The van der Waals surface area contributed by atoms with Gasteiger partial charge in [-0.1, -0.05) is 0 Å². The zero-order chi connectivity index (χ0) is 9.61. The molecule has 5 N–H and O–H groups in total. The standard InChI is InChI=1S/C5H15N2O3PS/c1-5(7)10-11(8,12)9-4-2-3-6/h5H,2-4,6-7H2,1H3,(H,8,12). The lowest BCUT2D eigenvalue weighted by Crippen LogP contribution is -2.18. The van der Waals surface area contributed by atoms with Crippen molar-refractivity contribution in [3.05, 3.63) is 0 Å². The largest absolute Gasteiger partial charge is 0.330 e. The van der Waals surface area contributed by atoms with Crippen molar-refractivity contribution in [1.29, 1.82) is 0 Å². The lowest BCUT2D eigenvalue weighted by molar-refractivity contribution is 0.155. The van der Waals surface area contributed by atoms with Crippen molar-refractivity contribution in [1.82, 2.24) is 0 Å². The van der Waals surface area contributed by atoms with Crippen molar-refractivity contribution in [2.75, 3.05) is 13.2 Å². The van der Waals surface area contributed by atoms with Gasteiger partial charge in [0.2, 0.25) is 0 Å². The summed E-state index contributed by atoms with van der Waals surface area (Å²) in [6, 6.07) is 0. The predicted molar refractivity (Wildman–Crippen MR) is 50.9 cm³/mol. The van der Waals surface area contributed by atoms with E-state index in [1.165, 1.54) is 0 Å². The zero-order valence-electron chi connectivity index (χ0n) is 6.97. The highest BCUT2D eigenvalue weighted by Gasteiger charge is 2.16. The van der Waals surface area contributed by atoms with E-state index in [2.05, 4.69) is 11.8 Å². The van der Waals surface area contributed by atoms with E-state index in [0.717, 1.165) is 0 Å². The smallest absolute Gasteiger partial charge is 0.326 e. The molecule has 0 heterocycles. The van der Waals surface area contributed by atoms with Crippen LogP contribution in [0.25, 0.3) is 0 Å². The topological polar surface area (TPSA) is 90.7 Å². The maximum Gasteiger partial charge on any atom is 0.326 e. The molecule has 0 aromatic heterocycles. The highest BCUT2D eigenvalue weighted by atomic mass is 32.5. The maximum absolute atomic E-state index is 9.27. The molecule has 0 aliphatic rings. The molecule has 0 saturated heterocycles. The number of hydrogen-bond donors (Lipinski definition) is 3. The molecule has 0 amide bonds. The average molecular weight is 214 g/mol. The van der Waals surface area contributed by atoms with Gasteiger partial charge in [0.25, 0.3) is 0 Å². The van der Waals surface area contributed by atoms with Crippen LogP contribution in [0.1, 0.15) is 13.3 Å². The first-order valence-electron chi connectivity index (χ1n) is 3.59. The SMILES string of the molecule is CC(N)OP(O)(=S)OCCCN. The minimum absolute atomic E-state index is 0.303. The van der Waals surface area contributed by atoms with Crippen LogP contribution in [0.4, 0.5) is 0 Å². The normalized spacial score (nSPS) is 18.7. The van der Waals surface area contributed by atoms with Gasteiger partial charge in [-0.15, -0.1) is 0 Å². The molecular formula is C5H15N2O3PS. The van der Waals surface area contributed by atoms with Gasteiger partial charge < -0.3 is 20.9 Å². The van der Waals surface area contributed by atoms with Crippen LogP contribution in [0.3, 0.4) is 0 Å². The van der Waals surface area contributed by atoms with Crippen molar-refractivity contribution < 1.29 is 13.9 Å². The number of rotatable bonds is 6. The Labute approximate surface area is 77.3 Å². The third-order valence-electron chi connectivity index (χ3n) is 0.902. The van der Waals surface area contributed by atoms with Crippen molar-refractivity contribution in [3.63, 3.8) is 0 Å². The Kier molecular flexibility index (Phi) is 6.21. The quantitative estimate of drug-likeness (QED) is 0.324. The van der Waals surface area contributed by atoms with Crippen molar-refractivity contribution in [2.24, 2.45) is 11.5 Å². The van der Waals surface area contributed by atoms with Crippen LogP contribution in [-0.4, -0.2) is 24.3 Å². The van der Waals surface area contributed by atoms with Crippen molar-refractivity contribution in [3.8, 4) is 0 Å². The first-order chi connectivity index (χ1) is 5.48. The molecule has 5 nitrogen and oxygen atoms in total. The van der Waals surface area contributed by atoms with Crippen LogP contribution in [0.2, 0.25) is 0 Å². The zero-order valence-corrected chi connectivity index (χ0v) is 8.68. The second kappa shape index (κ2) is 5.99. The molecule has 74 valence electrons.